The van der Waals surface area contributed by atoms with Crippen LogP contribution in [-0.2, 0) is 38.0 Å². The van der Waals surface area contributed by atoms with Crippen LogP contribution < -0.4 is 0 Å². The molecular weight excluding hydrogens is 877 g/mol. The van der Waals surface area contributed by atoms with E-state index < -0.39 is 99.3 Å². The number of rotatable bonds is 37. The fraction of sp³-hybridized carbons (Fsp3) is 0.698. The fourth-order valence-electron chi connectivity index (χ4n) is 7.24. The van der Waals surface area contributed by atoms with E-state index >= 15 is 0 Å². The molecule has 2 rings (SSSR count). The van der Waals surface area contributed by atoms with E-state index in [0.717, 1.165) is 70.6 Å². The SMILES string of the molecule is CC/C=C/C/C=C/C/C=C/C/C=C/C/C=C/C/C=C/CCC(=O)O[C@H](COC(=O)CCCCCCC/C=C/CCCCCC)CO[C@H]1O[C@@H](CO[C@H]2O[C@@H](CO)[C@@H](O)C(O)C2O)[C@@H](O)C(O)C1O. The lowest BCUT2D eigenvalue weighted by Gasteiger charge is -2.42. The number of esters is 2. The van der Waals surface area contributed by atoms with Crippen LogP contribution in [-0.4, -0.2) is 142 Å². The average Bonchev–Trinajstić information content (AvgIpc) is 3.33. The second-order valence-electron chi connectivity index (χ2n) is 17.3. The largest absolute Gasteiger partial charge is 0.462 e. The van der Waals surface area contributed by atoms with Crippen LogP contribution in [0, 0.1) is 0 Å². The Morgan fingerprint density at radius 3 is 1.51 bits per heavy atom. The Morgan fingerprint density at radius 1 is 0.485 bits per heavy atom. The predicted molar refractivity (Wildman–Crippen MR) is 261 cm³/mol. The highest BCUT2D eigenvalue weighted by Gasteiger charge is 2.47. The molecule has 0 bridgehead atoms. The number of carbonyl (C=O) groups is 2. The molecule has 2 aliphatic heterocycles. The number of unbranched alkanes of at least 4 members (excludes halogenated alkanes) is 9. The van der Waals surface area contributed by atoms with Crippen molar-refractivity contribution in [3.05, 3.63) is 85.1 Å². The minimum atomic E-state index is -1.78. The van der Waals surface area contributed by atoms with Crippen LogP contribution in [0.3, 0.4) is 0 Å². The lowest BCUT2D eigenvalue weighted by Crippen LogP contribution is -2.61. The smallest absolute Gasteiger partial charge is 0.306 e. The van der Waals surface area contributed by atoms with Gasteiger partial charge in [0.25, 0.3) is 0 Å². The molecule has 0 amide bonds. The second kappa shape index (κ2) is 39.4. The molecular formula is C53H86O15. The summed E-state index contributed by atoms with van der Waals surface area (Å²) in [6, 6.07) is 0. The first kappa shape index (κ1) is 60.8. The molecule has 2 saturated heterocycles. The number of aliphatic hydroxyl groups is 7. The first-order chi connectivity index (χ1) is 33.0. The van der Waals surface area contributed by atoms with E-state index in [0.29, 0.717) is 19.3 Å². The van der Waals surface area contributed by atoms with Gasteiger partial charge in [0.15, 0.2) is 18.7 Å². The zero-order valence-corrected chi connectivity index (χ0v) is 40.8. The average molecular weight is 963 g/mol. The molecule has 0 aromatic rings. The van der Waals surface area contributed by atoms with E-state index in [1.807, 2.05) is 18.2 Å². The molecule has 68 heavy (non-hydrogen) atoms. The molecule has 2 aliphatic rings. The molecule has 0 spiro atoms. The first-order valence-corrected chi connectivity index (χ1v) is 25.2. The summed E-state index contributed by atoms with van der Waals surface area (Å²) >= 11 is 0. The fourth-order valence-corrected chi connectivity index (χ4v) is 7.24. The molecule has 2 fully saturated rings. The van der Waals surface area contributed by atoms with Crippen molar-refractivity contribution in [1.29, 1.82) is 0 Å². The quantitative estimate of drug-likeness (QED) is 0.0193. The maximum absolute atomic E-state index is 13.0. The monoisotopic (exact) mass is 963 g/mol. The van der Waals surface area contributed by atoms with Crippen molar-refractivity contribution in [3.63, 3.8) is 0 Å². The Hall–Kier alpha value is -3.32. The molecule has 0 aliphatic carbocycles. The zero-order chi connectivity index (χ0) is 49.6. The van der Waals surface area contributed by atoms with Gasteiger partial charge in [-0.1, -0.05) is 137 Å². The van der Waals surface area contributed by atoms with Gasteiger partial charge in [-0.15, -0.1) is 0 Å². The number of carbonyl (C=O) groups excluding carboxylic acids is 2. The molecule has 4 unspecified atom stereocenters. The Balaban J connectivity index is 1.86. The van der Waals surface area contributed by atoms with Gasteiger partial charge in [0, 0.05) is 12.8 Å². The number of hydrogen-bond donors (Lipinski definition) is 7. The molecule has 0 radical (unpaired) electrons. The summed E-state index contributed by atoms with van der Waals surface area (Å²) in [5.74, 6) is -1.04. The molecule has 7 N–H and O–H groups in total. The van der Waals surface area contributed by atoms with Crippen LogP contribution in [0.5, 0.6) is 0 Å². The first-order valence-electron chi connectivity index (χ1n) is 25.2. The minimum Gasteiger partial charge on any atom is -0.462 e. The van der Waals surface area contributed by atoms with Crippen molar-refractivity contribution >= 4 is 11.9 Å². The van der Waals surface area contributed by atoms with Gasteiger partial charge in [-0.2, -0.15) is 0 Å². The Bertz CT molecular complexity index is 1510. The van der Waals surface area contributed by atoms with E-state index in [1.54, 1.807) is 0 Å². The lowest BCUT2D eigenvalue weighted by molar-refractivity contribution is -0.332. The maximum Gasteiger partial charge on any atom is 0.306 e. The lowest BCUT2D eigenvalue weighted by atomic mass is 9.98. The third-order valence-corrected chi connectivity index (χ3v) is 11.4. The molecule has 2 heterocycles. The maximum atomic E-state index is 13.0. The summed E-state index contributed by atoms with van der Waals surface area (Å²) in [5, 5.41) is 72.0. The Labute approximate surface area is 405 Å². The third kappa shape index (κ3) is 27.2. The van der Waals surface area contributed by atoms with Gasteiger partial charge in [0.05, 0.1) is 19.8 Å². The van der Waals surface area contributed by atoms with Gasteiger partial charge >= 0.3 is 11.9 Å². The van der Waals surface area contributed by atoms with Crippen molar-refractivity contribution in [3.8, 4) is 0 Å². The highest BCUT2D eigenvalue weighted by atomic mass is 16.7. The Kier molecular flexibility index (Phi) is 35.2. The van der Waals surface area contributed by atoms with Crippen molar-refractivity contribution < 1.29 is 73.8 Å². The van der Waals surface area contributed by atoms with Gasteiger partial charge in [-0.25, -0.2) is 0 Å². The Morgan fingerprint density at radius 2 is 0.956 bits per heavy atom. The van der Waals surface area contributed by atoms with E-state index in [2.05, 4.69) is 80.7 Å². The van der Waals surface area contributed by atoms with E-state index in [9.17, 15) is 45.3 Å². The standard InChI is InChI=1S/C53H86O15/c1-3-5-7-9-11-13-15-17-18-19-20-21-22-24-26-28-30-32-34-36-45(56)66-41(38-63-44(55)35-33-31-29-27-25-23-16-14-12-10-8-6-4-2)39-64-52-51(62)49(60)47(58)43(68-52)40-65-53-50(61)48(59)46(57)42(37-54)67-53/h5,7,11,13-14,16-18,20-21,24,26,30,32,41-43,46-54,57-62H,3-4,6,8-10,12,15,19,22-23,25,27-29,31,33-40H2,1-2H3/b7-5+,13-11+,16-14+,18-17+,21-20+,26-24+,32-30+/t41-,42+,43+,46-,47-,48?,49?,50?,51?,52+,53+/m1/s1. The van der Waals surface area contributed by atoms with Crippen LogP contribution >= 0.6 is 0 Å². The summed E-state index contributed by atoms with van der Waals surface area (Å²) in [6.07, 6.45) is 30.6. The predicted octanol–water partition coefficient (Wildman–Crippen LogP) is 6.82. The van der Waals surface area contributed by atoms with Crippen LogP contribution in [0.2, 0.25) is 0 Å². The normalized spacial score (nSPS) is 26.5. The van der Waals surface area contributed by atoms with Crippen LogP contribution in [0.15, 0.2) is 85.1 Å². The van der Waals surface area contributed by atoms with Crippen LogP contribution in [0.25, 0.3) is 0 Å². The number of ether oxygens (including phenoxy) is 6. The summed E-state index contributed by atoms with van der Waals surface area (Å²) in [5.41, 5.74) is 0. The topological polar surface area (TPSA) is 231 Å². The summed E-state index contributed by atoms with van der Waals surface area (Å²) in [6.45, 7) is 2.35. The molecule has 11 atom stereocenters. The number of allylic oxidation sites excluding steroid dienone is 14. The molecule has 0 saturated carbocycles. The summed E-state index contributed by atoms with van der Waals surface area (Å²) in [4.78, 5) is 25.7. The van der Waals surface area contributed by atoms with Crippen LogP contribution in [0.4, 0.5) is 0 Å². The van der Waals surface area contributed by atoms with E-state index in [4.69, 9.17) is 28.4 Å². The molecule has 0 aromatic heterocycles. The number of hydrogen-bond acceptors (Lipinski definition) is 15. The molecule has 15 heteroatoms. The van der Waals surface area contributed by atoms with Crippen molar-refractivity contribution in [2.45, 2.75) is 210 Å². The van der Waals surface area contributed by atoms with Crippen molar-refractivity contribution in [2.24, 2.45) is 0 Å². The summed E-state index contributed by atoms with van der Waals surface area (Å²) < 4.78 is 33.4. The molecule has 0 aromatic carbocycles. The minimum absolute atomic E-state index is 0.0339. The third-order valence-electron chi connectivity index (χ3n) is 11.4. The van der Waals surface area contributed by atoms with Gasteiger partial charge in [-0.05, 0) is 77.0 Å². The second-order valence-corrected chi connectivity index (χ2v) is 17.3. The number of aliphatic hydroxyl groups excluding tert-OH is 7. The van der Waals surface area contributed by atoms with Gasteiger partial charge in [0.1, 0.15) is 55.4 Å². The highest BCUT2D eigenvalue weighted by molar-refractivity contribution is 5.70. The van der Waals surface area contributed by atoms with Crippen LogP contribution in [0.1, 0.15) is 142 Å². The molecule has 388 valence electrons. The van der Waals surface area contributed by atoms with E-state index in [1.165, 1.54) is 25.7 Å². The van der Waals surface area contributed by atoms with Gasteiger partial charge in [0.2, 0.25) is 0 Å². The van der Waals surface area contributed by atoms with Crippen molar-refractivity contribution in [1.82, 2.24) is 0 Å². The van der Waals surface area contributed by atoms with E-state index in [-0.39, 0.29) is 19.4 Å². The zero-order valence-electron chi connectivity index (χ0n) is 40.8. The summed E-state index contributed by atoms with van der Waals surface area (Å²) in [7, 11) is 0. The van der Waals surface area contributed by atoms with Gasteiger partial charge < -0.3 is 64.2 Å². The molecule has 15 nitrogen and oxygen atoms in total. The van der Waals surface area contributed by atoms with Crippen molar-refractivity contribution in [2.75, 3.05) is 26.4 Å². The van der Waals surface area contributed by atoms with Gasteiger partial charge in [-0.3, -0.25) is 9.59 Å². The highest BCUT2D eigenvalue weighted by Crippen LogP contribution is 2.26.